The highest BCUT2D eigenvalue weighted by Gasteiger charge is 2.15. The van der Waals surface area contributed by atoms with Crippen LogP contribution in [0.2, 0.25) is 0 Å². The summed E-state index contributed by atoms with van der Waals surface area (Å²) in [5.74, 6) is 0.815. The predicted molar refractivity (Wildman–Crippen MR) is 45.0 cm³/mol. The van der Waals surface area contributed by atoms with Crippen LogP contribution in [0.15, 0.2) is 12.2 Å². The molecule has 1 unspecified atom stereocenters. The molecule has 1 heterocycles. The van der Waals surface area contributed by atoms with Gasteiger partial charge in [0.2, 0.25) is 0 Å². The minimum Gasteiger partial charge on any atom is -0.296 e. The SMILES string of the molecule is CC(C)CC1C=CCN1C. The summed E-state index contributed by atoms with van der Waals surface area (Å²) >= 11 is 0. The zero-order chi connectivity index (χ0) is 7.56. The molecule has 1 atom stereocenters. The Hall–Kier alpha value is -0.300. The van der Waals surface area contributed by atoms with Gasteiger partial charge in [-0.1, -0.05) is 26.0 Å². The van der Waals surface area contributed by atoms with Gasteiger partial charge in [-0.15, -0.1) is 0 Å². The average molecular weight is 139 g/mol. The fourth-order valence-corrected chi connectivity index (χ4v) is 1.41. The molecule has 0 fully saturated rings. The van der Waals surface area contributed by atoms with Crippen LogP contribution in [-0.2, 0) is 0 Å². The maximum atomic E-state index is 2.39. The lowest BCUT2D eigenvalue weighted by atomic mass is 10.0. The molecule has 1 aliphatic rings. The van der Waals surface area contributed by atoms with Gasteiger partial charge in [0.05, 0.1) is 0 Å². The van der Waals surface area contributed by atoms with Crippen LogP contribution in [0.1, 0.15) is 20.3 Å². The van der Waals surface area contributed by atoms with Crippen LogP contribution in [0.4, 0.5) is 0 Å². The second-order valence-corrected chi connectivity index (χ2v) is 3.56. The summed E-state index contributed by atoms with van der Waals surface area (Å²) in [7, 11) is 2.19. The molecule has 0 bridgehead atoms. The van der Waals surface area contributed by atoms with Crippen LogP contribution < -0.4 is 0 Å². The fourth-order valence-electron chi connectivity index (χ4n) is 1.41. The maximum absolute atomic E-state index is 2.39. The minimum absolute atomic E-state index is 0.708. The summed E-state index contributed by atoms with van der Waals surface area (Å²) in [6.45, 7) is 5.69. The third-order valence-electron chi connectivity index (χ3n) is 2.03. The van der Waals surface area contributed by atoms with Crippen LogP contribution in [-0.4, -0.2) is 24.5 Å². The first-order chi connectivity index (χ1) is 4.70. The van der Waals surface area contributed by atoms with E-state index in [9.17, 15) is 0 Å². The summed E-state index contributed by atoms with van der Waals surface area (Å²) < 4.78 is 0. The lowest BCUT2D eigenvalue weighted by molar-refractivity contribution is 0.295. The molecule has 1 aliphatic heterocycles. The van der Waals surface area contributed by atoms with Crippen molar-refractivity contribution in [2.24, 2.45) is 5.92 Å². The summed E-state index contributed by atoms with van der Waals surface area (Å²) in [5, 5.41) is 0. The van der Waals surface area contributed by atoms with Crippen LogP contribution in [0.25, 0.3) is 0 Å². The van der Waals surface area contributed by atoms with E-state index in [0.717, 1.165) is 12.5 Å². The first-order valence-corrected chi connectivity index (χ1v) is 4.07. The molecule has 10 heavy (non-hydrogen) atoms. The van der Waals surface area contributed by atoms with Crippen molar-refractivity contribution in [3.63, 3.8) is 0 Å². The van der Waals surface area contributed by atoms with Gasteiger partial charge in [0.15, 0.2) is 0 Å². The predicted octanol–water partition coefficient (Wildman–Crippen LogP) is 1.90. The molecule has 0 amide bonds. The van der Waals surface area contributed by atoms with Crippen LogP contribution in [0, 0.1) is 5.92 Å². The van der Waals surface area contributed by atoms with Gasteiger partial charge in [0.25, 0.3) is 0 Å². The van der Waals surface area contributed by atoms with Crippen molar-refractivity contribution >= 4 is 0 Å². The first-order valence-electron chi connectivity index (χ1n) is 4.07. The van der Waals surface area contributed by atoms with Crippen molar-refractivity contribution < 1.29 is 0 Å². The molecule has 0 aromatic heterocycles. The lowest BCUT2D eigenvalue weighted by Crippen LogP contribution is -2.26. The van der Waals surface area contributed by atoms with E-state index < -0.39 is 0 Å². The summed E-state index contributed by atoms with van der Waals surface area (Å²) in [5.41, 5.74) is 0. The first kappa shape index (κ1) is 7.80. The maximum Gasteiger partial charge on any atom is 0.0281 e. The molecule has 58 valence electrons. The topological polar surface area (TPSA) is 3.24 Å². The quantitative estimate of drug-likeness (QED) is 0.528. The Morgan fingerprint density at radius 1 is 1.60 bits per heavy atom. The van der Waals surface area contributed by atoms with Gasteiger partial charge in [-0.05, 0) is 19.4 Å². The van der Waals surface area contributed by atoms with E-state index in [4.69, 9.17) is 0 Å². The lowest BCUT2D eigenvalue weighted by Gasteiger charge is -2.20. The van der Waals surface area contributed by atoms with Gasteiger partial charge in [-0.2, -0.15) is 0 Å². The van der Waals surface area contributed by atoms with Crippen molar-refractivity contribution in [1.29, 1.82) is 0 Å². The molecule has 0 N–H and O–H groups in total. The highest BCUT2D eigenvalue weighted by molar-refractivity contribution is 5.02. The van der Waals surface area contributed by atoms with E-state index in [2.05, 4.69) is 37.9 Å². The van der Waals surface area contributed by atoms with Crippen molar-refractivity contribution in [3.05, 3.63) is 12.2 Å². The molecule has 0 saturated heterocycles. The summed E-state index contributed by atoms with van der Waals surface area (Å²) in [4.78, 5) is 2.39. The molecular formula is C9H17N. The molecule has 0 aromatic rings. The number of nitrogens with zero attached hydrogens (tertiary/aromatic N) is 1. The molecule has 0 aliphatic carbocycles. The van der Waals surface area contributed by atoms with Crippen molar-refractivity contribution in [3.8, 4) is 0 Å². The molecule has 0 spiro atoms. The van der Waals surface area contributed by atoms with Gasteiger partial charge in [-0.25, -0.2) is 0 Å². The second kappa shape index (κ2) is 3.20. The Bertz CT molecular complexity index is 127. The molecular weight excluding hydrogens is 122 g/mol. The van der Waals surface area contributed by atoms with Crippen molar-refractivity contribution in [1.82, 2.24) is 4.90 Å². The third-order valence-corrected chi connectivity index (χ3v) is 2.03. The monoisotopic (exact) mass is 139 g/mol. The van der Waals surface area contributed by atoms with E-state index in [-0.39, 0.29) is 0 Å². The second-order valence-electron chi connectivity index (χ2n) is 3.56. The van der Waals surface area contributed by atoms with Crippen LogP contribution >= 0.6 is 0 Å². The molecule has 1 rings (SSSR count). The zero-order valence-electron chi connectivity index (χ0n) is 7.17. The van der Waals surface area contributed by atoms with Gasteiger partial charge >= 0.3 is 0 Å². The average Bonchev–Trinajstić information content (AvgIpc) is 2.15. The molecule has 1 heteroatoms. The van der Waals surface area contributed by atoms with Crippen LogP contribution in [0.5, 0.6) is 0 Å². The Morgan fingerprint density at radius 2 is 2.30 bits per heavy atom. The molecule has 0 aromatic carbocycles. The molecule has 0 radical (unpaired) electrons. The summed E-state index contributed by atoms with van der Waals surface area (Å²) in [6, 6.07) is 0.708. The zero-order valence-corrected chi connectivity index (χ0v) is 7.17. The Morgan fingerprint density at radius 3 is 2.70 bits per heavy atom. The summed E-state index contributed by atoms with van der Waals surface area (Å²) in [6.07, 6.45) is 5.88. The van der Waals surface area contributed by atoms with Gasteiger partial charge in [-0.3, -0.25) is 4.90 Å². The smallest absolute Gasteiger partial charge is 0.0281 e. The molecule has 0 saturated carbocycles. The largest absolute Gasteiger partial charge is 0.296 e. The fraction of sp³-hybridized carbons (Fsp3) is 0.778. The highest BCUT2D eigenvalue weighted by atomic mass is 15.1. The van der Waals surface area contributed by atoms with E-state index in [1.807, 2.05) is 0 Å². The Balaban J connectivity index is 2.33. The number of likely N-dealkylation sites (N-methyl/N-ethyl adjacent to an activating group) is 1. The molecule has 1 nitrogen and oxygen atoms in total. The number of rotatable bonds is 2. The Labute approximate surface area is 63.7 Å². The van der Waals surface area contributed by atoms with E-state index in [0.29, 0.717) is 6.04 Å². The van der Waals surface area contributed by atoms with Crippen molar-refractivity contribution in [2.45, 2.75) is 26.3 Å². The normalized spacial score (nSPS) is 26.6. The standard InChI is InChI=1S/C9H17N/c1-8(2)7-9-5-4-6-10(9)3/h4-5,8-9H,6-7H2,1-3H3. The Kier molecular flexibility index (Phi) is 2.50. The number of hydrogen-bond donors (Lipinski definition) is 0. The van der Waals surface area contributed by atoms with E-state index >= 15 is 0 Å². The van der Waals surface area contributed by atoms with Gasteiger partial charge < -0.3 is 0 Å². The van der Waals surface area contributed by atoms with E-state index in [1.54, 1.807) is 0 Å². The minimum atomic E-state index is 0.708. The third kappa shape index (κ3) is 1.84. The van der Waals surface area contributed by atoms with Crippen LogP contribution in [0.3, 0.4) is 0 Å². The number of hydrogen-bond acceptors (Lipinski definition) is 1. The highest BCUT2D eigenvalue weighted by Crippen LogP contribution is 2.15. The van der Waals surface area contributed by atoms with Gasteiger partial charge in [0, 0.05) is 12.6 Å². The van der Waals surface area contributed by atoms with Crippen molar-refractivity contribution in [2.75, 3.05) is 13.6 Å². The van der Waals surface area contributed by atoms with Gasteiger partial charge in [0.1, 0.15) is 0 Å². The van der Waals surface area contributed by atoms with E-state index in [1.165, 1.54) is 6.42 Å².